The average Bonchev–Trinajstić information content (AvgIpc) is 3.08. The molecule has 3 aromatic rings. The minimum atomic E-state index is -0.233. The molecule has 2 amide bonds. The highest BCUT2D eigenvalue weighted by Crippen LogP contribution is 2.22. The van der Waals surface area contributed by atoms with Crippen LogP contribution in [0, 0.1) is 0 Å². The summed E-state index contributed by atoms with van der Waals surface area (Å²) in [4.78, 5) is 30.7. The second-order valence-electron chi connectivity index (χ2n) is 6.58. The first-order valence-electron chi connectivity index (χ1n) is 9.22. The molecule has 0 atom stereocenters. The first-order chi connectivity index (χ1) is 13.5. The van der Waals surface area contributed by atoms with Crippen molar-refractivity contribution in [1.29, 1.82) is 0 Å². The Labute approximate surface area is 168 Å². The van der Waals surface area contributed by atoms with Gasteiger partial charge in [-0.2, -0.15) is 0 Å². The van der Waals surface area contributed by atoms with Crippen molar-refractivity contribution in [3.63, 3.8) is 0 Å². The summed E-state index contributed by atoms with van der Waals surface area (Å²) >= 11 is 1.63. The number of para-hydroxylation sites is 2. The van der Waals surface area contributed by atoms with E-state index in [0.717, 1.165) is 32.9 Å². The van der Waals surface area contributed by atoms with Crippen LogP contribution in [-0.2, 0) is 22.6 Å². The highest BCUT2D eigenvalue weighted by atomic mass is 32.1. The molecule has 2 aromatic carbocycles. The molecule has 0 bridgehead atoms. The zero-order valence-electron chi connectivity index (χ0n) is 16.1. The molecule has 3 rings (SSSR count). The van der Waals surface area contributed by atoms with Crippen molar-refractivity contribution in [1.82, 2.24) is 15.2 Å². The Morgan fingerprint density at radius 3 is 2.61 bits per heavy atom. The number of aromatic nitrogens is 1. The smallest absolute Gasteiger partial charge is 0.243 e. The maximum Gasteiger partial charge on any atom is 0.243 e. The van der Waals surface area contributed by atoms with Gasteiger partial charge in [-0.3, -0.25) is 14.5 Å². The monoisotopic (exact) mass is 396 g/mol. The molecule has 146 valence electrons. The third-order valence-corrected chi connectivity index (χ3v) is 5.30. The molecule has 0 aliphatic carbocycles. The van der Waals surface area contributed by atoms with Crippen molar-refractivity contribution in [2.24, 2.45) is 0 Å². The van der Waals surface area contributed by atoms with Crippen LogP contribution in [0.3, 0.4) is 0 Å². The van der Waals surface area contributed by atoms with Crippen LogP contribution in [0.25, 0.3) is 10.2 Å². The summed E-state index contributed by atoms with van der Waals surface area (Å²) in [6, 6.07) is 15.6. The molecule has 0 radical (unpaired) electrons. The summed E-state index contributed by atoms with van der Waals surface area (Å²) < 4.78 is 1.14. The Bertz CT molecular complexity index is 937. The highest BCUT2D eigenvalue weighted by molar-refractivity contribution is 7.18. The Morgan fingerprint density at radius 1 is 1.07 bits per heavy atom. The van der Waals surface area contributed by atoms with Crippen LogP contribution in [0.1, 0.15) is 17.5 Å². The van der Waals surface area contributed by atoms with Gasteiger partial charge >= 0.3 is 0 Å². The normalized spacial score (nSPS) is 11.0. The van der Waals surface area contributed by atoms with E-state index in [9.17, 15) is 9.59 Å². The van der Waals surface area contributed by atoms with E-state index in [1.54, 1.807) is 11.3 Å². The highest BCUT2D eigenvalue weighted by Gasteiger charge is 2.12. The summed E-state index contributed by atoms with van der Waals surface area (Å²) in [7, 11) is 1.86. The second kappa shape index (κ2) is 9.43. The topological polar surface area (TPSA) is 74.3 Å². The lowest BCUT2D eigenvalue weighted by molar-refractivity contribution is -0.124. The fraction of sp³-hybridized carbons (Fsp3) is 0.286. The molecule has 7 heteroatoms. The van der Waals surface area contributed by atoms with Gasteiger partial charge in [0.15, 0.2) is 0 Å². The molecule has 0 aliphatic rings. The third kappa shape index (κ3) is 5.37. The number of amides is 2. The average molecular weight is 397 g/mol. The van der Waals surface area contributed by atoms with Gasteiger partial charge in [0.2, 0.25) is 11.8 Å². The van der Waals surface area contributed by atoms with Gasteiger partial charge in [0.25, 0.3) is 0 Å². The number of hydrogen-bond donors (Lipinski definition) is 2. The zero-order chi connectivity index (χ0) is 19.9. The molecule has 2 N–H and O–H groups in total. The Balaban J connectivity index is 1.45. The van der Waals surface area contributed by atoms with Gasteiger partial charge in [-0.05, 0) is 37.2 Å². The summed E-state index contributed by atoms with van der Waals surface area (Å²) in [5.41, 5.74) is 2.83. The van der Waals surface area contributed by atoms with E-state index in [-0.39, 0.29) is 24.9 Å². The van der Waals surface area contributed by atoms with E-state index >= 15 is 0 Å². The number of nitrogens with zero attached hydrogens (tertiary/aromatic N) is 2. The zero-order valence-corrected chi connectivity index (χ0v) is 16.9. The Morgan fingerprint density at radius 2 is 1.82 bits per heavy atom. The van der Waals surface area contributed by atoms with Crippen molar-refractivity contribution >= 4 is 39.1 Å². The maximum absolute atomic E-state index is 12.1. The molecule has 0 unspecified atom stereocenters. The van der Waals surface area contributed by atoms with Crippen LogP contribution in [0.4, 0.5) is 5.69 Å². The molecule has 0 aliphatic heterocycles. The minimum Gasteiger partial charge on any atom is -0.346 e. The first-order valence-corrected chi connectivity index (χ1v) is 10.0. The number of benzene rings is 2. The van der Waals surface area contributed by atoms with Crippen molar-refractivity contribution in [3.8, 4) is 0 Å². The quantitative estimate of drug-likeness (QED) is 0.614. The number of thiazole rings is 1. The van der Waals surface area contributed by atoms with E-state index in [4.69, 9.17) is 0 Å². The number of aryl methyl sites for hydroxylation is 1. The second-order valence-corrected chi connectivity index (χ2v) is 7.70. The van der Waals surface area contributed by atoms with Gasteiger partial charge in [0, 0.05) is 5.69 Å². The molecule has 0 spiro atoms. The Hall–Kier alpha value is -2.77. The number of rotatable bonds is 8. The van der Waals surface area contributed by atoms with Crippen LogP contribution < -0.4 is 10.6 Å². The van der Waals surface area contributed by atoms with E-state index in [1.165, 1.54) is 0 Å². The van der Waals surface area contributed by atoms with Crippen molar-refractivity contribution in [2.45, 2.75) is 19.9 Å². The van der Waals surface area contributed by atoms with Crippen molar-refractivity contribution in [2.75, 3.05) is 25.5 Å². The van der Waals surface area contributed by atoms with Crippen LogP contribution in [0.2, 0.25) is 0 Å². The van der Waals surface area contributed by atoms with E-state index in [1.807, 2.05) is 67.4 Å². The number of hydrogen-bond acceptors (Lipinski definition) is 5. The maximum atomic E-state index is 12.1. The largest absolute Gasteiger partial charge is 0.346 e. The van der Waals surface area contributed by atoms with E-state index < -0.39 is 0 Å². The van der Waals surface area contributed by atoms with Gasteiger partial charge in [-0.25, -0.2) is 4.98 Å². The molecular formula is C21H24N4O2S. The third-order valence-electron chi connectivity index (χ3n) is 4.28. The Kier molecular flexibility index (Phi) is 6.73. The summed E-state index contributed by atoms with van der Waals surface area (Å²) in [5.74, 6) is -0.425. The summed E-state index contributed by atoms with van der Waals surface area (Å²) in [6.07, 6.45) is 0.833. The standard InChI is InChI=1S/C21H24N4O2S/c1-3-15-8-4-5-9-16(15)23-19(26)12-22-20(27)13-25(2)14-21-24-17-10-6-7-11-18(17)28-21/h4-11H,3,12-14H2,1-2H3,(H,22,27)(H,23,26). The van der Waals surface area contributed by atoms with E-state index in [2.05, 4.69) is 15.6 Å². The summed E-state index contributed by atoms with van der Waals surface area (Å²) in [5, 5.41) is 6.49. The van der Waals surface area contributed by atoms with Crippen LogP contribution in [-0.4, -0.2) is 41.8 Å². The molecule has 0 saturated carbocycles. The fourth-order valence-electron chi connectivity index (χ4n) is 2.90. The van der Waals surface area contributed by atoms with Crippen molar-refractivity contribution in [3.05, 3.63) is 59.1 Å². The minimum absolute atomic E-state index is 0.0497. The molecule has 0 saturated heterocycles. The number of fused-ring (bicyclic) bond motifs is 1. The van der Waals surface area contributed by atoms with E-state index in [0.29, 0.717) is 6.54 Å². The molecule has 1 aromatic heterocycles. The lowest BCUT2D eigenvalue weighted by atomic mass is 10.1. The lowest BCUT2D eigenvalue weighted by Gasteiger charge is -2.15. The van der Waals surface area contributed by atoms with Gasteiger partial charge in [-0.1, -0.05) is 37.3 Å². The van der Waals surface area contributed by atoms with Gasteiger partial charge in [0.05, 0.1) is 29.9 Å². The number of likely N-dealkylation sites (N-methyl/N-ethyl adjacent to an activating group) is 1. The summed E-state index contributed by atoms with van der Waals surface area (Å²) in [6.45, 7) is 2.78. The molecular weight excluding hydrogens is 372 g/mol. The van der Waals surface area contributed by atoms with Crippen LogP contribution in [0.5, 0.6) is 0 Å². The fourth-order valence-corrected chi connectivity index (χ4v) is 3.95. The van der Waals surface area contributed by atoms with Gasteiger partial charge in [-0.15, -0.1) is 11.3 Å². The van der Waals surface area contributed by atoms with Gasteiger partial charge < -0.3 is 10.6 Å². The SMILES string of the molecule is CCc1ccccc1NC(=O)CNC(=O)CN(C)Cc1nc2ccccc2s1. The van der Waals surface area contributed by atoms with Crippen LogP contribution in [0.15, 0.2) is 48.5 Å². The molecule has 0 fully saturated rings. The van der Waals surface area contributed by atoms with Gasteiger partial charge in [0.1, 0.15) is 5.01 Å². The predicted octanol–water partition coefficient (Wildman–Crippen LogP) is 3.05. The lowest BCUT2D eigenvalue weighted by Crippen LogP contribution is -2.39. The number of carbonyl (C=O) groups is 2. The number of carbonyl (C=O) groups excluding carboxylic acids is 2. The van der Waals surface area contributed by atoms with Crippen LogP contribution >= 0.6 is 11.3 Å². The number of nitrogens with one attached hydrogen (secondary N) is 2. The molecule has 1 heterocycles. The predicted molar refractivity (Wildman–Crippen MR) is 113 cm³/mol. The number of anilines is 1. The van der Waals surface area contributed by atoms with Crippen molar-refractivity contribution < 1.29 is 9.59 Å². The molecule has 6 nitrogen and oxygen atoms in total. The molecule has 28 heavy (non-hydrogen) atoms. The first kappa shape index (κ1) is 20.0.